The molecule has 2 fully saturated rings. The molecule has 0 saturated carbocycles. The third-order valence-electron chi connectivity index (χ3n) is 4.85. The van der Waals surface area contributed by atoms with E-state index in [0.717, 1.165) is 44.8 Å². The highest BCUT2D eigenvalue weighted by Gasteiger charge is 2.31. The Morgan fingerprint density at radius 2 is 1.70 bits per heavy atom. The number of aromatic nitrogens is 1. The second-order valence-corrected chi connectivity index (χ2v) is 6.28. The summed E-state index contributed by atoms with van der Waals surface area (Å²) in [4.78, 5) is 34.4. The average Bonchev–Trinajstić information content (AvgIpc) is 2.62. The van der Waals surface area contributed by atoms with E-state index >= 15 is 0 Å². The molecule has 23 heavy (non-hydrogen) atoms. The van der Waals surface area contributed by atoms with Gasteiger partial charge in [-0.2, -0.15) is 0 Å². The molecule has 0 radical (unpaired) electrons. The first-order chi connectivity index (χ1) is 11.1. The van der Waals surface area contributed by atoms with E-state index < -0.39 is 0 Å². The molecule has 2 amide bonds. The molecule has 2 saturated heterocycles. The quantitative estimate of drug-likeness (QED) is 0.816. The fourth-order valence-corrected chi connectivity index (χ4v) is 3.40. The fourth-order valence-electron chi connectivity index (χ4n) is 3.40. The Morgan fingerprint density at radius 1 is 1.00 bits per heavy atom. The van der Waals surface area contributed by atoms with Crippen molar-refractivity contribution in [2.75, 3.05) is 44.2 Å². The van der Waals surface area contributed by atoms with Crippen LogP contribution in [0.5, 0.6) is 0 Å². The predicted molar refractivity (Wildman–Crippen MR) is 88.0 cm³/mol. The molecular weight excluding hydrogens is 292 g/mol. The minimum absolute atomic E-state index is 0.0759. The van der Waals surface area contributed by atoms with Gasteiger partial charge in [0.1, 0.15) is 5.82 Å². The smallest absolute Gasteiger partial charge is 0.225 e. The number of carbonyl (C=O) groups excluding carboxylic acids is 2. The van der Waals surface area contributed by atoms with Crippen LogP contribution in [-0.4, -0.2) is 65.9 Å². The van der Waals surface area contributed by atoms with Crippen molar-refractivity contribution >= 4 is 17.6 Å². The molecule has 0 spiro atoms. The monoisotopic (exact) mass is 316 g/mol. The van der Waals surface area contributed by atoms with Crippen LogP contribution in [0.3, 0.4) is 0 Å². The molecule has 0 atom stereocenters. The summed E-state index contributed by atoms with van der Waals surface area (Å²) in [7, 11) is 0. The first-order valence-electron chi connectivity index (χ1n) is 8.35. The first kappa shape index (κ1) is 15.8. The van der Waals surface area contributed by atoms with Crippen molar-refractivity contribution in [1.29, 1.82) is 0 Å². The van der Waals surface area contributed by atoms with Crippen LogP contribution in [0.25, 0.3) is 0 Å². The highest BCUT2D eigenvalue weighted by Crippen LogP contribution is 2.21. The summed E-state index contributed by atoms with van der Waals surface area (Å²) in [6, 6.07) is 5.91. The normalized spacial score (nSPS) is 19.8. The van der Waals surface area contributed by atoms with Gasteiger partial charge in [-0.25, -0.2) is 4.98 Å². The fraction of sp³-hybridized carbons (Fsp3) is 0.588. The van der Waals surface area contributed by atoms with Crippen molar-refractivity contribution < 1.29 is 9.59 Å². The van der Waals surface area contributed by atoms with Gasteiger partial charge in [-0.3, -0.25) is 9.59 Å². The van der Waals surface area contributed by atoms with Crippen molar-refractivity contribution in [1.82, 2.24) is 14.8 Å². The Labute approximate surface area is 137 Å². The highest BCUT2D eigenvalue weighted by molar-refractivity contribution is 5.80. The molecule has 1 aromatic heterocycles. The van der Waals surface area contributed by atoms with Crippen LogP contribution in [0.2, 0.25) is 0 Å². The van der Waals surface area contributed by atoms with E-state index in [1.807, 2.05) is 28.0 Å². The minimum atomic E-state index is 0.0759. The van der Waals surface area contributed by atoms with Crippen molar-refractivity contribution in [2.45, 2.75) is 19.8 Å². The number of piperazine rings is 1. The first-order valence-corrected chi connectivity index (χ1v) is 8.35. The largest absolute Gasteiger partial charge is 0.353 e. The number of hydrogen-bond donors (Lipinski definition) is 0. The summed E-state index contributed by atoms with van der Waals surface area (Å²) in [6.07, 6.45) is 3.38. The zero-order chi connectivity index (χ0) is 16.2. The molecule has 2 aliphatic rings. The zero-order valence-corrected chi connectivity index (χ0v) is 13.6. The van der Waals surface area contributed by atoms with Gasteiger partial charge in [-0.1, -0.05) is 6.07 Å². The van der Waals surface area contributed by atoms with Crippen molar-refractivity contribution in [3.8, 4) is 0 Å². The molecule has 3 heterocycles. The van der Waals surface area contributed by atoms with Crippen LogP contribution in [-0.2, 0) is 9.59 Å². The van der Waals surface area contributed by atoms with E-state index in [0.29, 0.717) is 13.1 Å². The summed E-state index contributed by atoms with van der Waals surface area (Å²) in [5, 5.41) is 0. The Bertz CT molecular complexity index is 547. The zero-order valence-electron chi connectivity index (χ0n) is 13.6. The molecular formula is C17H24N4O2. The predicted octanol–water partition coefficient (Wildman–Crippen LogP) is 0.989. The molecule has 3 rings (SSSR count). The topological polar surface area (TPSA) is 56.8 Å². The number of piperidine rings is 1. The van der Waals surface area contributed by atoms with Crippen LogP contribution >= 0.6 is 0 Å². The molecule has 0 unspecified atom stereocenters. The second kappa shape index (κ2) is 6.98. The number of rotatable bonds is 2. The third kappa shape index (κ3) is 3.63. The molecule has 0 N–H and O–H groups in total. The Morgan fingerprint density at radius 3 is 2.26 bits per heavy atom. The summed E-state index contributed by atoms with van der Waals surface area (Å²) < 4.78 is 0. The standard InChI is InChI=1S/C17H24N4O2/c1-14(22)19-8-5-15(6-9-19)17(23)21-12-10-20(11-13-21)16-4-2-3-7-18-16/h2-4,7,15H,5-6,8-13H2,1H3. The number of anilines is 1. The molecule has 1 aromatic rings. The van der Waals surface area contributed by atoms with E-state index in [1.165, 1.54) is 0 Å². The number of carbonyl (C=O) groups is 2. The van der Waals surface area contributed by atoms with E-state index in [9.17, 15) is 9.59 Å². The molecule has 124 valence electrons. The lowest BCUT2D eigenvalue weighted by atomic mass is 9.95. The summed E-state index contributed by atoms with van der Waals surface area (Å²) >= 11 is 0. The highest BCUT2D eigenvalue weighted by atomic mass is 16.2. The molecule has 0 bridgehead atoms. The van der Waals surface area contributed by atoms with Crippen molar-refractivity contribution in [3.05, 3.63) is 24.4 Å². The lowest BCUT2D eigenvalue weighted by Crippen LogP contribution is -2.52. The lowest BCUT2D eigenvalue weighted by Gasteiger charge is -2.38. The lowest BCUT2D eigenvalue weighted by molar-refractivity contribution is -0.140. The van der Waals surface area contributed by atoms with Crippen LogP contribution in [0.15, 0.2) is 24.4 Å². The van der Waals surface area contributed by atoms with Gasteiger partial charge in [0.2, 0.25) is 11.8 Å². The molecule has 6 heteroatoms. The average molecular weight is 316 g/mol. The molecule has 2 aliphatic heterocycles. The Hall–Kier alpha value is -2.11. The van der Waals surface area contributed by atoms with Crippen LogP contribution in [0.1, 0.15) is 19.8 Å². The molecule has 0 aliphatic carbocycles. The van der Waals surface area contributed by atoms with Gasteiger partial charge in [0.05, 0.1) is 0 Å². The number of hydrogen-bond acceptors (Lipinski definition) is 4. The summed E-state index contributed by atoms with van der Waals surface area (Å²) in [5.41, 5.74) is 0. The van der Waals surface area contributed by atoms with Gasteiger partial charge in [-0.15, -0.1) is 0 Å². The number of likely N-dealkylation sites (tertiary alicyclic amines) is 1. The van der Waals surface area contributed by atoms with E-state index in [-0.39, 0.29) is 17.7 Å². The van der Waals surface area contributed by atoms with Crippen molar-refractivity contribution in [2.24, 2.45) is 5.92 Å². The van der Waals surface area contributed by atoms with Crippen LogP contribution < -0.4 is 4.90 Å². The summed E-state index contributed by atoms with van der Waals surface area (Å²) in [6.45, 7) is 6.17. The number of nitrogens with zero attached hydrogens (tertiary/aromatic N) is 4. The Balaban J connectivity index is 1.50. The van der Waals surface area contributed by atoms with Gasteiger partial charge in [-0.05, 0) is 25.0 Å². The van der Waals surface area contributed by atoms with E-state index in [1.54, 1.807) is 13.1 Å². The van der Waals surface area contributed by atoms with Crippen LogP contribution in [0, 0.1) is 5.92 Å². The minimum Gasteiger partial charge on any atom is -0.353 e. The summed E-state index contributed by atoms with van der Waals surface area (Å²) in [5.74, 6) is 1.43. The van der Waals surface area contributed by atoms with Crippen molar-refractivity contribution in [3.63, 3.8) is 0 Å². The second-order valence-electron chi connectivity index (χ2n) is 6.28. The Kier molecular flexibility index (Phi) is 4.79. The number of amides is 2. The SMILES string of the molecule is CC(=O)N1CCC(C(=O)N2CCN(c3ccccn3)CC2)CC1. The van der Waals surface area contributed by atoms with E-state index in [4.69, 9.17) is 0 Å². The number of pyridine rings is 1. The van der Waals surface area contributed by atoms with Gasteiger partial charge in [0, 0.05) is 58.3 Å². The third-order valence-corrected chi connectivity index (χ3v) is 4.85. The maximum absolute atomic E-state index is 12.7. The molecule has 0 aromatic carbocycles. The van der Waals surface area contributed by atoms with E-state index in [2.05, 4.69) is 9.88 Å². The molecule has 6 nitrogen and oxygen atoms in total. The van der Waals surface area contributed by atoms with Gasteiger partial charge >= 0.3 is 0 Å². The van der Waals surface area contributed by atoms with Gasteiger partial charge < -0.3 is 14.7 Å². The van der Waals surface area contributed by atoms with Gasteiger partial charge in [0.25, 0.3) is 0 Å². The maximum atomic E-state index is 12.7. The van der Waals surface area contributed by atoms with Gasteiger partial charge in [0.15, 0.2) is 0 Å². The maximum Gasteiger partial charge on any atom is 0.225 e. The van der Waals surface area contributed by atoms with Crippen LogP contribution in [0.4, 0.5) is 5.82 Å².